The van der Waals surface area contributed by atoms with E-state index in [-0.39, 0.29) is 5.82 Å². The maximum Gasteiger partial charge on any atom is 0.132 e. The first-order valence-electron chi connectivity index (χ1n) is 7.18. The SMILES string of the molecule is CN(C)CCc1cccc(C2(O)CCCCC2)c1F. The summed E-state index contributed by atoms with van der Waals surface area (Å²) in [5.74, 6) is -0.200. The van der Waals surface area contributed by atoms with Gasteiger partial charge in [0, 0.05) is 12.1 Å². The van der Waals surface area contributed by atoms with E-state index in [4.69, 9.17) is 0 Å². The van der Waals surface area contributed by atoms with Gasteiger partial charge in [0.2, 0.25) is 0 Å². The molecule has 1 aromatic rings. The molecular weight excluding hydrogens is 241 g/mol. The first-order chi connectivity index (χ1) is 9.03. The first kappa shape index (κ1) is 14.5. The molecule has 1 saturated carbocycles. The molecular formula is C16H24FNO. The maximum atomic E-state index is 14.6. The number of hydrogen-bond donors (Lipinski definition) is 1. The van der Waals surface area contributed by atoms with Crippen LogP contribution in [0.1, 0.15) is 43.2 Å². The Balaban J connectivity index is 2.23. The summed E-state index contributed by atoms with van der Waals surface area (Å²) < 4.78 is 14.6. The highest BCUT2D eigenvalue weighted by Crippen LogP contribution is 2.38. The minimum Gasteiger partial charge on any atom is -0.385 e. The second kappa shape index (κ2) is 6.02. The van der Waals surface area contributed by atoms with Crippen LogP contribution in [0.3, 0.4) is 0 Å². The number of halogens is 1. The van der Waals surface area contributed by atoms with Gasteiger partial charge < -0.3 is 10.0 Å². The van der Waals surface area contributed by atoms with E-state index < -0.39 is 5.60 Å². The molecule has 2 nitrogen and oxygen atoms in total. The van der Waals surface area contributed by atoms with Gasteiger partial charge in [0.25, 0.3) is 0 Å². The van der Waals surface area contributed by atoms with Gasteiger partial charge in [-0.15, -0.1) is 0 Å². The van der Waals surface area contributed by atoms with E-state index in [1.165, 1.54) is 0 Å². The highest BCUT2D eigenvalue weighted by Gasteiger charge is 2.34. The molecule has 0 unspecified atom stereocenters. The van der Waals surface area contributed by atoms with Crippen molar-refractivity contribution in [2.45, 2.75) is 44.1 Å². The van der Waals surface area contributed by atoms with Crippen molar-refractivity contribution in [3.05, 3.63) is 35.1 Å². The van der Waals surface area contributed by atoms with E-state index in [0.717, 1.165) is 25.8 Å². The molecule has 0 amide bonds. The molecule has 1 N–H and O–H groups in total. The van der Waals surface area contributed by atoms with Gasteiger partial charge in [-0.3, -0.25) is 0 Å². The van der Waals surface area contributed by atoms with E-state index in [2.05, 4.69) is 0 Å². The van der Waals surface area contributed by atoms with Crippen LogP contribution in [0.5, 0.6) is 0 Å². The summed E-state index contributed by atoms with van der Waals surface area (Å²) in [6.07, 6.45) is 5.16. The van der Waals surface area contributed by atoms with Crippen LogP contribution < -0.4 is 0 Å². The molecule has 1 aromatic carbocycles. The van der Waals surface area contributed by atoms with Crippen molar-refractivity contribution in [2.24, 2.45) is 0 Å². The predicted molar refractivity (Wildman–Crippen MR) is 75.6 cm³/mol. The van der Waals surface area contributed by atoms with Crippen molar-refractivity contribution in [1.29, 1.82) is 0 Å². The van der Waals surface area contributed by atoms with E-state index in [1.807, 2.05) is 31.1 Å². The lowest BCUT2D eigenvalue weighted by atomic mass is 9.79. The topological polar surface area (TPSA) is 23.5 Å². The van der Waals surface area contributed by atoms with Gasteiger partial charge in [0.1, 0.15) is 5.82 Å². The fraction of sp³-hybridized carbons (Fsp3) is 0.625. The number of nitrogens with zero attached hydrogens (tertiary/aromatic N) is 1. The van der Waals surface area contributed by atoms with Crippen LogP contribution in [-0.2, 0) is 12.0 Å². The summed E-state index contributed by atoms with van der Waals surface area (Å²) >= 11 is 0. The fourth-order valence-corrected chi connectivity index (χ4v) is 2.88. The molecule has 19 heavy (non-hydrogen) atoms. The van der Waals surface area contributed by atoms with E-state index >= 15 is 0 Å². The van der Waals surface area contributed by atoms with Crippen LogP contribution in [0.25, 0.3) is 0 Å². The van der Waals surface area contributed by atoms with Crippen molar-refractivity contribution in [3.8, 4) is 0 Å². The fourth-order valence-electron chi connectivity index (χ4n) is 2.88. The lowest BCUT2D eigenvalue weighted by Gasteiger charge is -2.33. The second-order valence-corrected chi connectivity index (χ2v) is 5.92. The van der Waals surface area contributed by atoms with E-state index in [9.17, 15) is 9.50 Å². The molecule has 0 spiro atoms. The number of aliphatic hydroxyl groups is 1. The zero-order chi connectivity index (χ0) is 13.9. The van der Waals surface area contributed by atoms with E-state index in [1.54, 1.807) is 6.07 Å². The highest BCUT2D eigenvalue weighted by molar-refractivity contribution is 5.31. The lowest BCUT2D eigenvalue weighted by Crippen LogP contribution is -2.30. The van der Waals surface area contributed by atoms with Crippen molar-refractivity contribution >= 4 is 0 Å². The van der Waals surface area contributed by atoms with Gasteiger partial charge in [0.15, 0.2) is 0 Å². The van der Waals surface area contributed by atoms with Gasteiger partial charge in [0.05, 0.1) is 5.60 Å². The van der Waals surface area contributed by atoms with Gasteiger partial charge in [-0.25, -0.2) is 4.39 Å². The second-order valence-electron chi connectivity index (χ2n) is 5.92. The molecule has 0 aromatic heterocycles. The van der Waals surface area contributed by atoms with Crippen LogP contribution in [0.2, 0.25) is 0 Å². The van der Waals surface area contributed by atoms with Crippen molar-refractivity contribution < 1.29 is 9.50 Å². The molecule has 1 fully saturated rings. The highest BCUT2D eigenvalue weighted by atomic mass is 19.1. The normalized spacial score (nSPS) is 18.8. The summed E-state index contributed by atoms with van der Waals surface area (Å²) in [6.45, 7) is 0.818. The molecule has 0 atom stereocenters. The monoisotopic (exact) mass is 265 g/mol. The van der Waals surface area contributed by atoms with Crippen LogP contribution in [0.15, 0.2) is 18.2 Å². The maximum absolute atomic E-state index is 14.6. The van der Waals surface area contributed by atoms with Gasteiger partial charge in [-0.1, -0.05) is 37.5 Å². The molecule has 1 aliphatic carbocycles. The molecule has 0 aliphatic heterocycles. The Kier molecular flexibility index (Phi) is 4.58. The Bertz CT molecular complexity index is 425. The van der Waals surface area contributed by atoms with Crippen LogP contribution in [-0.4, -0.2) is 30.6 Å². The predicted octanol–water partition coefficient (Wildman–Crippen LogP) is 3.08. The third-order valence-electron chi connectivity index (χ3n) is 4.09. The average molecular weight is 265 g/mol. The molecule has 0 bridgehead atoms. The Hall–Kier alpha value is -0.930. The molecule has 0 radical (unpaired) electrons. The van der Waals surface area contributed by atoms with Crippen molar-refractivity contribution in [2.75, 3.05) is 20.6 Å². The molecule has 0 heterocycles. The molecule has 106 valence electrons. The Morgan fingerprint density at radius 3 is 2.53 bits per heavy atom. The van der Waals surface area contributed by atoms with Gasteiger partial charge in [-0.2, -0.15) is 0 Å². The van der Waals surface area contributed by atoms with Gasteiger partial charge >= 0.3 is 0 Å². The summed E-state index contributed by atoms with van der Waals surface area (Å²) in [6, 6.07) is 5.45. The summed E-state index contributed by atoms with van der Waals surface area (Å²) in [5, 5.41) is 10.7. The zero-order valence-corrected chi connectivity index (χ0v) is 12.0. The minimum absolute atomic E-state index is 0.200. The quantitative estimate of drug-likeness (QED) is 0.904. The summed E-state index contributed by atoms with van der Waals surface area (Å²) in [5.41, 5.74) is 0.268. The molecule has 1 aliphatic rings. The Morgan fingerprint density at radius 1 is 1.21 bits per heavy atom. The van der Waals surface area contributed by atoms with Crippen LogP contribution >= 0.6 is 0 Å². The van der Waals surface area contributed by atoms with Crippen molar-refractivity contribution in [1.82, 2.24) is 4.90 Å². The third-order valence-corrected chi connectivity index (χ3v) is 4.09. The molecule has 2 rings (SSSR count). The molecule has 3 heteroatoms. The van der Waals surface area contributed by atoms with E-state index in [0.29, 0.717) is 30.4 Å². The largest absolute Gasteiger partial charge is 0.385 e. The standard InChI is InChI=1S/C16H24FNO/c1-18(2)12-9-13-7-6-8-14(15(13)17)16(19)10-4-3-5-11-16/h6-8,19H,3-5,9-12H2,1-2H3. The Morgan fingerprint density at radius 2 is 1.89 bits per heavy atom. The third kappa shape index (κ3) is 3.34. The number of benzene rings is 1. The summed E-state index contributed by atoms with van der Waals surface area (Å²) in [7, 11) is 3.97. The lowest BCUT2D eigenvalue weighted by molar-refractivity contribution is -0.00387. The first-order valence-corrected chi connectivity index (χ1v) is 7.18. The number of rotatable bonds is 4. The molecule has 0 saturated heterocycles. The smallest absolute Gasteiger partial charge is 0.132 e. The van der Waals surface area contributed by atoms with Crippen LogP contribution in [0, 0.1) is 5.82 Å². The zero-order valence-electron chi connectivity index (χ0n) is 12.0. The number of likely N-dealkylation sites (N-methyl/N-ethyl adjacent to an activating group) is 1. The average Bonchev–Trinajstić information content (AvgIpc) is 2.38. The Labute approximate surface area is 115 Å². The van der Waals surface area contributed by atoms with Crippen molar-refractivity contribution in [3.63, 3.8) is 0 Å². The van der Waals surface area contributed by atoms with Crippen LogP contribution in [0.4, 0.5) is 4.39 Å². The minimum atomic E-state index is -0.948. The van der Waals surface area contributed by atoms with Gasteiger partial charge in [-0.05, 0) is 38.9 Å². The number of hydrogen-bond acceptors (Lipinski definition) is 2. The summed E-state index contributed by atoms with van der Waals surface area (Å²) in [4.78, 5) is 2.04.